The highest BCUT2D eigenvalue weighted by Gasteiger charge is 2.21. The fourth-order valence-corrected chi connectivity index (χ4v) is 2.13. The Kier molecular flexibility index (Phi) is 3.66. The first-order valence-electron chi connectivity index (χ1n) is 6.37. The third kappa shape index (κ3) is 3.38. The molecule has 3 N–H and O–H groups in total. The van der Waals surface area contributed by atoms with Crippen LogP contribution in [-0.4, -0.2) is 28.6 Å². The lowest BCUT2D eigenvalue weighted by molar-refractivity contribution is 0.0893. The lowest BCUT2D eigenvalue weighted by Gasteiger charge is -2.25. The van der Waals surface area contributed by atoms with Crippen molar-refractivity contribution in [3.05, 3.63) is 24.1 Å². The highest BCUT2D eigenvalue weighted by Crippen LogP contribution is 2.21. The summed E-state index contributed by atoms with van der Waals surface area (Å²) in [5.41, 5.74) is 1.94. The molecule has 1 amide bonds. The summed E-state index contributed by atoms with van der Waals surface area (Å²) in [6.07, 6.45) is 2.28. The molecule has 1 unspecified atom stereocenters. The quantitative estimate of drug-likeness (QED) is 0.792. The van der Waals surface area contributed by atoms with Crippen molar-refractivity contribution in [2.45, 2.75) is 33.2 Å². The number of carbonyl (C=O) groups excluding carboxylic acids is 1. The van der Waals surface area contributed by atoms with E-state index in [2.05, 4.69) is 31.1 Å². The van der Waals surface area contributed by atoms with Crippen molar-refractivity contribution in [3.63, 3.8) is 0 Å². The van der Waals surface area contributed by atoms with Gasteiger partial charge in [0.05, 0.1) is 24.4 Å². The molecule has 0 radical (unpaired) electrons. The van der Waals surface area contributed by atoms with Gasteiger partial charge < -0.3 is 19.8 Å². The van der Waals surface area contributed by atoms with Crippen LogP contribution in [0.2, 0.25) is 0 Å². The Morgan fingerprint density at radius 1 is 1.53 bits per heavy atom. The number of aromatic nitrogens is 1. The van der Waals surface area contributed by atoms with E-state index >= 15 is 0 Å². The molecular weight excluding hydrogens is 244 g/mol. The summed E-state index contributed by atoms with van der Waals surface area (Å²) in [4.78, 5) is 15.1. The summed E-state index contributed by atoms with van der Waals surface area (Å²) in [6.45, 7) is 6.15. The van der Waals surface area contributed by atoms with E-state index in [4.69, 9.17) is 4.42 Å². The van der Waals surface area contributed by atoms with Gasteiger partial charge in [-0.1, -0.05) is 20.8 Å². The van der Waals surface area contributed by atoms with Crippen LogP contribution in [0.25, 0.3) is 11.1 Å². The average Bonchev–Trinajstić information content (AvgIpc) is 2.85. The zero-order valence-electron chi connectivity index (χ0n) is 11.5. The zero-order chi connectivity index (χ0) is 14.0. The first-order chi connectivity index (χ1) is 8.89. The van der Waals surface area contributed by atoms with Crippen LogP contribution in [0.15, 0.2) is 22.8 Å². The van der Waals surface area contributed by atoms with Gasteiger partial charge in [-0.05, 0) is 11.8 Å². The van der Waals surface area contributed by atoms with Crippen LogP contribution in [0.5, 0.6) is 0 Å². The van der Waals surface area contributed by atoms with E-state index in [0.717, 1.165) is 5.52 Å². The fourth-order valence-electron chi connectivity index (χ4n) is 2.13. The highest BCUT2D eigenvalue weighted by molar-refractivity contribution is 5.96. The van der Waals surface area contributed by atoms with Crippen molar-refractivity contribution in [2.75, 3.05) is 6.61 Å². The summed E-state index contributed by atoms with van der Waals surface area (Å²) >= 11 is 0. The standard InChI is InChI=1S/C14H20N2O3/c1-14(2,3)7-9(8-17)15-13(18)11-6-12-10(16-11)4-5-19-12/h4-6,9,16-17H,7-8H2,1-3H3,(H,15,18). The van der Waals surface area contributed by atoms with Crippen molar-refractivity contribution in [3.8, 4) is 0 Å². The molecule has 104 valence electrons. The number of aliphatic hydroxyl groups excluding tert-OH is 1. The van der Waals surface area contributed by atoms with Gasteiger partial charge in [0.15, 0.2) is 5.58 Å². The van der Waals surface area contributed by atoms with Gasteiger partial charge in [0.2, 0.25) is 0 Å². The van der Waals surface area contributed by atoms with Crippen LogP contribution >= 0.6 is 0 Å². The van der Waals surface area contributed by atoms with Crippen LogP contribution in [0.1, 0.15) is 37.7 Å². The Morgan fingerprint density at radius 2 is 2.26 bits per heavy atom. The number of carbonyl (C=O) groups is 1. The molecule has 0 aromatic carbocycles. The van der Waals surface area contributed by atoms with E-state index in [0.29, 0.717) is 17.7 Å². The fraction of sp³-hybridized carbons (Fsp3) is 0.500. The van der Waals surface area contributed by atoms with Crippen molar-refractivity contribution in [2.24, 2.45) is 5.41 Å². The number of amides is 1. The zero-order valence-corrected chi connectivity index (χ0v) is 11.5. The maximum absolute atomic E-state index is 12.1. The van der Waals surface area contributed by atoms with E-state index in [1.54, 1.807) is 18.4 Å². The van der Waals surface area contributed by atoms with Gasteiger partial charge in [0, 0.05) is 12.1 Å². The van der Waals surface area contributed by atoms with Gasteiger partial charge in [0.25, 0.3) is 5.91 Å². The van der Waals surface area contributed by atoms with Crippen LogP contribution in [0.4, 0.5) is 0 Å². The first-order valence-corrected chi connectivity index (χ1v) is 6.37. The predicted molar refractivity (Wildman–Crippen MR) is 73.0 cm³/mol. The molecule has 5 nitrogen and oxygen atoms in total. The SMILES string of the molecule is CC(C)(C)CC(CO)NC(=O)c1cc2occc2[nH]1. The third-order valence-electron chi connectivity index (χ3n) is 2.90. The van der Waals surface area contributed by atoms with E-state index in [9.17, 15) is 9.90 Å². The number of hydrogen-bond donors (Lipinski definition) is 3. The van der Waals surface area contributed by atoms with Gasteiger partial charge >= 0.3 is 0 Å². The van der Waals surface area contributed by atoms with Gasteiger partial charge in [-0.3, -0.25) is 4.79 Å². The smallest absolute Gasteiger partial charge is 0.268 e. The van der Waals surface area contributed by atoms with Crippen LogP contribution in [0, 0.1) is 5.41 Å². The molecule has 0 bridgehead atoms. The average molecular weight is 264 g/mol. The summed E-state index contributed by atoms with van der Waals surface area (Å²) in [5.74, 6) is -0.227. The largest absolute Gasteiger partial charge is 0.463 e. The molecule has 5 heteroatoms. The molecule has 0 saturated heterocycles. The Hall–Kier alpha value is -1.75. The Bertz CT molecular complexity index is 534. The van der Waals surface area contributed by atoms with E-state index < -0.39 is 0 Å². The minimum Gasteiger partial charge on any atom is -0.463 e. The number of aromatic amines is 1. The molecule has 2 heterocycles. The van der Waals surface area contributed by atoms with Crippen molar-refractivity contribution in [1.29, 1.82) is 0 Å². The number of fused-ring (bicyclic) bond motifs is 1. The maximum Gasteiger partial charge on any atom is 0.268 e. The summed E-state index contributed by atoms with van der Waals surface area (Å²) in [5, 5.41) is 12.2. The topological polar surface area (TPSA) is 78.3 Å². The molecule has 1 atom stereocenters. The molecule has 0 fully saturated rings. The molecule has 0 spiro atoms. The van der Waals surface area contributed by atoms with Gasteiger partial charge in [-0.2, -0.15) is 0 Å². The Morgan fingerprint density at radius 3 is 2.84 bits per heavy atom. The predicted octanol–water partition coefficient (Wildman–Crippen LogP) is 2.29. The lowest BCUT2D eigenvalue weighted by Crippen LogP contribution is -2.40. The third-order valence-corrected chi connectivity index (χ3v) is 2.90. The normalized spacial score (nSPS) is 13.7. The van der Waals surface area contributed by atoms with Crippen LogP contribution in [-0.2, 0) is 0 Å². The van der Waals surface area contributed by atoms with E-state index in [1.165, 1.54) is 0 Å². The highest BCUT2D eigenvalue weighted by atomic mass is 16.3. The number of H-pyrrole nitrogens is 1. The second-order valence-corrected chi connectivity index (χ2v) is 6.00. The van der Waals surface area contributed by atoms with E-state index in [1.807, 2.05) is 0 Å². The number of furan rings is 1. The van der Waals surface area contributed by atoms with Gasteiger partial charge in [-0.15, -0.1) is 0 Å². The van der Waals surface area contributed by atoms with Crippen molar-refractivity contribution in [1.82, 2.24) is 10.3 Å². The Balaban J connectivity index is 2.05. The van der Waals surface area contributed by atoms with Gasteiger partial charge in [-0.25, -0.2) is 0 Å². The molecule has 2 rings (SSSR count). The minimum atomic E-state index is -0.248. The summed E-state index contributed by atoms with van der Waals surface area (Å²) in [6, 6.07) is 3.18. The molecule has 0 aliphatic carbocycles. The lowest BCUT2D eigenvalue weighted by atomic mass is 9.88. The maximum atomic E-state index is 12.1. The van der Waals surface area contributed by atoms with Crippen LogP contribution < -0.4 is 5.32 Å². The second kappa shape index (κ2) is 5.09. The summed E-state index contributed by atoms with van der Waals surface area (Å²) < 4.78 is 5.20. The molecule has 19 heavy (non-hydrogen) atoms. The molecular formula is C14H20N2O3. The summed E-state index contributed by atoms with van der Waals surface area (Å²) in [7, 11) is 0. The molecule has 2 aromatic heterocycles. The molecule has 2 aromatic rings. The van der Waals surface area contributed by atoms with Crippen molar-refractivity contribution < 1.29 is 14.3 Å². The van der Waals surface area contributed by atoms with Gasteiger partial charge in [0.1, 0.15) is 5.69 Å². The molecule has 0 saturated carbocycles. The van der Waals surface area contributed by atoms with Crippen molar-refractivity contribution >= 4 is 17.0 Å². The number of hydrogen-bond acceptors (Lipinski definition) is 3. The monoisotopic (exact) mass is 264 g/mol. The number of rotatable bonds is 4. The van der Waals surface area contributed by atoms with Crippen LogP contribution in [0.3, 0.4) is 0 Å². The molecule has 0 aliphatic rings. The number of nitrogens with one attached hydrogen (secondary N) is 2. The first kappa shape index (κ1) is 13.7. The minimum absolute atomic E-state index is 0.0457. The van der Waals surface area contributed by atoms with E-state index in [-0.39, 0.29) is 24.0 Å². The Labute approximate surface area is 112 Å². The molecule has 0 aliphatic heterocycles. The number of aliphatic hydroxyl groups is 1. The second-order valence-electron chi connectivity index (χ2n) is 6.00.